The summed E-state index contributed by atoms with van der Waals surface area (Å²) < 4.78 is 26.3. The quantitative estimate of drug-likeness (QED) is 0.823. The second-order valence-electron chi connectivity index (χ2n) is 4.30. The molecule has 1 atom stereocenters. The second kappa shape index (κ2) is 6.42. The molecule has 1 unspecified atom stereocenters. The Kier molecular flexibility index (Phi) is 5.19. The molecular weight excluding hydrogens is 238 g/mol. The molecule has 1 rings (SSSR count). The molecule has 0 saturated heterocycles. The van der Waals surface area contributed by atoms with Crippen molar-refractivity contribution in [2.75, 3.05) is 0 Å². The average Bonchev–Trinajstić information content (AvgIpc) is 2.34. The van der Waals surface area contributed by atoms with Gasteiger partial charge in [0.1, 0.15) is 0 Å². The van der Waals surface area contributed by atoms with Gasteiger partial charge in [-0.2, -0.15) is 4.39 Å². The Labute approximate surface area is 106 Å². The maximum atomic E-state index is 13.4. The molecule has 1 aromatic heterocycles. The molecule has 0 bridgehead atoms. The van der Waals surface area contributed by atoms with E-state index in [1.165, 1.54) is 6.07 Å². The average molecular weight is 256 g/mol. The van der Waals surface area contributed by atoms with Crippen molar-refractivity contribution < 1.29 is 13.6 Å². The topological polar surface area (TPSA) is 42.0 Å². The van der Waals surface area contributed by atoms with Crippen molar-refractivity contribution >= 4 is 5.91 Å². The van der Waals surface area contributed by atoms with Crippen LogP contribution < -0.4 is 5.32 Å². The van der Waals surface area contributed by atoms with Crippen molar-refractivity contribution in [2.24, 2.45) is 5.92 Å². The second-order valence-corrected chi connectivity index (χ2v) is 4.30. The van der Waals surface area contributed by atoms with E-state index in [4.69, 9.17) is 0 Å². The van der Waals surface area contributed by atoms with E-state index in [-0.39, 0.29) is 11.6 Å². The third-order valence-corrected chi connectivity index (χ3v) is 3.21. The van der Waals surface area contributed by atoms with Gasteiger partial charge < -0.3 is 5.32 Å². The number of halogens is 2. The van der Waals surface area contributed by atoms with Crippen molar-refractivity contribution in [3.8, 4) is 0 Å². The molecule has 0 aliphatic heterocycles. The third-order valence-electron chi connectivity index (χ3n) is 3.21. The van der Waals surface area contributed by atoms with Crippen LogP contribution in [0.4, 0.5) is 8.78 Å². The largest absolute Gasteiger partial charge is 0.349 e. The van der Waals surface area contributed by atoms with Crippen LogP contribution in [0.15, 0.2) is 12.3 Å². The molecule has 0 radical (unpaired) electrons. The van der Waals surface area contributed by atoms with Crippen molar-refractivity contribution in [1.29, 1.82) is 0 Å². The number of nitrogens with one attached hydrogen (secondary N) is 1. The Morgan fingerprint density at radius 1 is 1.39 bits per heavy atom. The number of carbonyl (C=O) groups is 1. The SMILES string of the molecule is CCC(CC)C(C)NC(=O)c1ccnc(F)c1F. The van der Waals surface area contributed by atoms with E-state index in [0.717, 1.165) is 19.0 Å². The first-order valence-corrected chi connectivity index (χ1v) is 6.12. The van der Waals surface area contributed by atoms with E-state index in [0.29, 0.717) is 5.92 Å². The summed E-state index contributed by atoms with van der Waals surface area (Å²) in [5.41, 5.74) is -0.305. The molecule has 18 heavy (non-hydrogen) atoms. The van der Waals surface area contributed by atoms with Gasteiger partial charge in [0, 0.05) is 12.2 Å². The van der Waals surface area contributed by atoms with Crippen molar-refractivity contribution in [1.82, 2.24) is 10.3 Å². The van der Waals surface area contributed by atoms with E-state index in [1.807, 2.05) is 20.8 Å². The lowest BCUT2D eigenvalue weighted by Gasteiger charge is -2.22. The van der Waals surface area contributed by atoms with Gasteiger partial charge in [-0.1, -0.05) is 26.7 Å². The third kappa shape index (κ3) is 3.24. The summed E-state index contributed by atoms with van der Waals surface area (Å²) in [6.07, 6.45) is 2.92. The number of pyridine rings is 1. The number of hydrogen-bond donors (Lipinski definition) is 1. The molecule has 1 aromatic rings. The first kappa shape index (κ1) is 14.5. The maximum Gasteiger partial charge on any atom is 0.254 e. The number of aromatic nitrogens is 1. The van der Waals surface area contributed by atoms with Gasteiger partial charge in [-0.3, -0.25) is 4.79 Å². The molecule has 1 N–H and O–H groups in total. The van der Waals surface area contributed by atoms with Crippen molar-refractivity contribution in [3.63, 3.8) is 0 Å². The van der Waals surface area contributed by atoms with Gasteiger partial charge in [0.2, 0.25) is 5.95 Å². The fourth-order valence-corrected chi connectivity index (χ4v) is 1.99. The fraction of sp³-hybridized carbons (Fsp3) is 0.538. The normalized spacial score (nSPS) is 12.6. The van der Waals surface area contributed by atoms with Gasteiger partial charge >= 0.3 is 0 Å². The van der Waals surface area contributed by atoms with Crippen LogP contribution in [0.1, 0.15) is 44.0 Å². The van der Waals surface area contributed by atoms with Crippen LogP contribution >= 0.6 is 0 Å². The molecule has 1 heterocycles. The van der Waals surface area contributed by atoms with Crippen molar-refractivity contribution in [3.05, 3.63) is 29.6 Å². The Morgan fingerprint density at radius 3 is 2.56 bits per heavy atom. The van der Waals surface area contributed by atoms with Crippen molar-refractivity contribution in [2.45, 2.75) is 39.7 Å². The van der Waals surface area contributed by atoms with Crippen LogP contribution in [0.25, 0.3) is 0 Å². The van der Waals surface area contributed by atoms with Gasteiger partial charge in [-0.25, -0.2) is 9.37 Å². The Hall–Kier alpha value is -1.52. The van der Waals surface area contributed by atoms with Crippen LogP contribution in [-0.4, -0.2) is 16.9 Å². The van der Waals surface area contributed by atoms with Crippen LogP contribution in [0.5, 0.6) is 0 Å². The predicted octanol–water partition coefficient (Wildman–Crippen LogP) is 2.91. The highest BCUT2D eigenvalue weighted by molar-refractivity contribution is 5.94. The molecule has 1 amide bonds. The van der Waals surface area contributed by atoms with Crippen LogP contribution in [0.3, 0.4) is 0 Å². The molecular formula is C13H18F2N2O. The van der Waals surface area contributed by atoms with Gasteiger partial charge in [-0.05, 0) is 18.9 Å². The first-order chi connectivity index (χ1) is 8.51. The highest BCUT2D eigenvalue weighted by Gasteiger charge is 2.20. The minimum absolute atomic E-state index is 0.0804. The fourth-order valence-electron chi connectivity index (χ4n) is 1.99. The van der Waals surface area contributed by atoms with Crippen LogP contribution in [0, 0.1) is 17.7 Å². The molecule has 5 heteroatoms. The molecule has 100 valence electrons. The monoisotopic (exact) mass is 256 g/mol. The minimum atomic E-state index is -1.25. The molecule has 0 aliphatic rings. The lowest BCUT2D eigenvalue weighted by molar-refractivity contribution is 0.0919. The number of hydrogen-bond acceptors (Lipinski definition) is 2. The Balaban J connectivity index is 2.79. The van der Waals surface area contributed by atoms with Crippen LogP contribution in [0.2, 0.25) is 0 Å². The molecule has 0 saturated carbocycles. The number of nitrogens with zero attached hydrogens (tertiary/aromatic N) is 1. The Morgan fingerprint density at radius 2 is 2.00 bits per heavy atom. The lowest BCUT2D eigenvalue weighted by atomic mass is 9.95. The smallest absolute Gasteiger partial charge is 0.254 e. The molecule has 0 spiro atoms. The zero-order chi connectivity index (χ0) is 13.7. The van der Waals surface area contributed by atoms with E-state index < -0.39 is 17.7 Å². The summed E-state index contributed by atoms with van der Waals surface area (Å²) >= 11 is 0. The molecule has 3 nitrogen and oxygen atoms in total. The zero-order valence-electron chi connectivity index (χ0n) is 10.8. The van der Waals surface area contributed by atoms with E-state index in [1.54, 1.807) is 0 Å². The number of rotatable bonds is 5. The van der Waals surface area contributed by atoms with Gasteiger partial charge in [0.15, 0.2) is 5.82 Å². The summed E-state index contributed by atoms with van der Waals surface area (Å²) in [5, 5.41) is 2.69. The highest BCUT2D eigenvalue weighted by atomic mass is 19.2. The van der Waals surface area contributed by atoms with Gasteiger partial charge in [0.25, 0.3) is 5.91 Å². The minimum Gasteiger partial charge on any atom is -0.349 e. The first-order valence-electron chi connectivity index (χ1n) is 6.12. The van der Waals surface area contributed by atoms with Gasteiger partial charge in [0.05, 0.1) is 5.56 Å². The summed E-state index contributed by atoms with van der Waals surface area (Å²) in [5.74, 6) is -2.73. The van der Waals surface area contributed by atoms with E-state index in [9.17, 15) is 13.6 Å². The zero-order valence-corrected chi connectivity index (χ0v) is 10.8. The lowest BCUT2D eigenvalue weighted by Crippen LogP contribution is -2.38. The molecule has 0 fully saturated rings. The predicted molar refractivity (Wildman–Crippen MR) is 65.2 cm³/mol. The van der Waals surface area contributed by atoms with Crippen LogP contribution in [-0.2, 0) is 0 Å². The summed E-state index contributed by atoms with van der Waals surface area (Å²) in [7, 11) is 0. The van der Waals surface area contributed by atoms with E-state index >= 15 is 0 Å². The number of amides is 1. The summed E-state index contributed by atoms with van der Waals surface area (Å²) in [6, 6.07) is 1.09. The number of carbonyl (C=O) groups excluding carboxylic acids is 1. The highest BCUT2D eigenvalue weighted by Crippen LogP contribution is 2.14. The Bertz CT molecular complexity index is 419. The maximum absolute atomic E-state index is 13.4. The molecule has 0 aromatic carbocycles. The van der Waals surface area contributed by atoms with E-state index in [2.05, 4.69) is 10.3 Å². The summed E-state index contributed by atoms with van der Waals surface area (Å²) in [6.45, 7) is 5.93. The van der Waals surface area contributed by atoms with Gasteiger partial charge in [-0.15, -0.1) is 0 Å². The summed E-state index contributed by atoms with van der Waals surface area (Å²) in [4.78, 5) is 15.0. The molecule has 0 aliphatic carbocycles. The standard InChI is InChI=1S/C13H18F2N2O/c1-4-9(5-2)8(3)17-13(18)10-6-7-16-12(15)11(10)14/h6-9H,4-5H2,1-3H3,(H,17,18).